The van der Waals surface area contributed by atoms with E-state index in [-0.39, 0.29) is 9.76 Å². The van der Waals surface area contributed by atoms with E-state index < -0.39 is 0 Å². The van der Waals surface area contributed by atoms with E-state index in [1.54, 1.807) is 0 Å². The minimum Gasteiger partial charge on any atom is -0.468 e. The van der Waals surface area contributed by atoms with E-state index in [1.807, 2.05) is 0 Å². The Morgan fingerprint density at radius 3 is 2.60 bits per heavy atom. The quantitative estimate of drug-likeness (QED) is 0.614. The lowest BCUT2D eigenvalue weighted by molar-refractivity contribution is 0.0290. The van der Waals surface area contributed by atoms with Crippen LogP contribution in [0.5, 0.6) is 0 Å². The minimum atomic E-state index is -0.341. The molecule has 15 heavy (non-hydrogen) atoms. The fourth-order valence-corrected chi connectivity index (χ4v) is 5.32. The summed E-state index contributed by atoms with van der Waals surface area (Å²) in [6.07, 6.45) is 0. The molecule has 0 radical (unpaired) electrons. The number of hydrogen-bond donors (Lipinski definition) is 0. The third kappa shape index (κ3) is 4.36. The lowest BCUT2D eigenvalue weighted by Gasteiger charge is -2.36. The fraction of sp³-hybridized carbons (Fsp3) is 1.00. The third-order valence-electron chi connectivity index (χ3n) is 3.49. The van der Waals surface area contributed by atoms with Gasteiger partial charge in [0, 0.05) is 19.6 Å². The molecule has 1 aliphatic rings. The predicted octanol–water partition coefficient (Wildman–Crippen LogP) is -0.466. The molecule has 0 aromatic carbocycles. The van der Waals surface area contributed by atoms with Crippen LogP contribution in [0.1, 0.15) is 20.8 Å². The van der Waals surface area contributed by atoms with E-state index in [9.17, 15) is 0 Å². The molecular formula is C10H25NO2Si2. The van der Waals surface area contributed by atoms with Gasteiger partial charge < -0.3 is 8.85 Å². The van der Waals surface area contributed by atoms with Crippen molar-refractivity contribution in [3.05, 3.63) is 0 Å². The van der Waals surface area contributed by atoms with Crippen molar-refractivity contribution in [1.29, 1.82) is 0 Å². The molecule has 1 aliphatic heterocycles. The SMILES string of the molecule is CC(CN1CCOCC1)C(C)(C)[SiH2]O[SiH3]. The Kier molecular flexibility index (Phi) is 5.48. The highest BCUT2D eigenvalue weighted by atomic mass is 28.3. The monoisotopic (exact) mass is 247 g/mol. The molecule has 0 aromatic heterocycles. The Morgan fingerprint density at radius 2 is 2.07 bits per heavy atom. The maximum absolute atomic E-state index is 5.55. The second kappa shape index (κ2) is 6.15. The molecule has 5 heteroatoms. The standard InChI is InChI=1S/C10H25NO2Si2/c1-9(10(2,3)15-13-14)8-11-4-6-12-7-5-11/h9H,4-8,15H2,1-3,14H3. The second-order valence-corrected chi connectivity index (χ2v) is 9.66. The highest BCUT2D eigenvalue weighted by Gasteiger charge is 2.28. The van der Waals surface area contributed by atoms with Crippen molar-refractivity contribution in [1.82, 2.24) is 4.90 Å². The number of morpholine rings is 1. The van der Waals surface area contributed by atoms with Gasteiger partial charge in [0.1, 0.15) is 10.5 Å². The summed E-state index contributed by atoms with van der Waals surface area (Å²) in [4.78, 5) is 2.53. The number of ether oxygens (including phenoxy) is 1. The van der Waals surface area contributed by atoms with E-state index in [0.29, 0.717) is 5.04 Å². The first-order valence-corrected chi connectivity index (χ1v) is 7.95. The normalized spacial score (nSPS) is 22.6. The molecule has 1 unspecified atom stereocenters. The van der Waals surface area contributed by atoms with Gasteiger partial charge in [0.25, 0.3) is 0 Å². The van der Waals surface area contributed by atoms with Gasteiger partial charge >= 0.3 is 0 Å². The van der Waals surface area contributed by atoms with Crippen LogP contribution in [0, 0.1) is 5.92 Å². The summed E-state index contributed by atoms with van der Waals surface area (Å²) in [6, 6.07) is 0. The Morgan fingerprint density at radius 1 is 1.47 bits per heavy atom. The van der Waals surface area contributed by atoms with Gasteiger partial charge in [-0.15, -0.1) is 0 Å². The lowest BCUT2D eigenvalue weighted by atomic mass is 9.96. The predicted molar refractivity (Wildman–Crippen MR) is 70.0 cm³/mol. The van der Waals surface area contributed by atoms with Crippen molar-refractivity contribution in [3.63, 3.8) is 0 Å². The van der Waals surface area contributed by atoms with Crippen LogP contribution in [0.3, 0.4) is 0 Å². The molecule has 0 aliphatic carbocycles. The minimum absolute atomic E-state index is 0.341. The molecule has 0 saturated carbocycles. The van der Waals surface area contributed by atoms with Crippen molar-refractivity contribution in [2.24, 2.45) is 5.92 Å². The maximum atomic E-state index is 5.55. The summed E-state index contributed by atoms with van der Waals surface area (Å²) >= 11 is 0. The molecule has 0 aromatic rings. The van der Waals surface area contributed by atoms with Gasteiger partial charge in [0.2, 0.25) is 0 Å². The van der Waals surface area contributed by atoms with Crippen molar-refractivity contribution in [2.75, 3.05) is 32.8 Å². The van der Waals surface area contributed by atoms with Crippen LogP contribution in [0.25, 0.3) is 0 Å². The smallest absolute Gasteiger partial charge is 0.151 e. The van der Waals surface area contributed by atoms with Gasteiger partial charge in [0.05, 0.1) is 13.2 Å². The summed E-state index contributed by atoms with van der Waals surface area (Å²) in [5.74, 6) is 0.733. The number of nitrogens with zero attached hydrogens (tertiary/aromatic N) is 1. The van der Waals surface area contributed by atoms with E-state index >= 15 is 0 Å². The second-order valence-electron chi connectivity index (χ2n) is 5.24. The molecular weight excluding hydrogens is 222 g/mol. The van der Waals surface area contributed by atoms with Gasteiger partial charge in [-0.05, 0) is 11.0 Å². The fourth-order valence-electron chi connectivity index (χ4n) is 1.93. The van der Waals surface area contributed by atoms with Crippen molar-refractivity contribution in [3.8, 4) is 0 Å². The zero-order valence-corrected chi connectivity index (χ0v) is 14.0. The molecule has 1 saturated heterocycles. The molecule has 0 spiro atoms. The van der Waals surface area contributed by atoms with Crippen LogP contribution >= 0.6 is 0 Å². The van der Waals surface area contributed by atoms with Crippen LogP contribution in [0.2, 0.25) is 5.04 Å². The Bertz CT molecular complexity index is 184. The van der Waals surface area contributed by atoms with E-state index in [1.165, 1.54) is 6.54 Å². The summed E-state index contributed by atoms with van der Waals surface area (Å²) in [7, 11) is 0.566. The van der Waals surface area contributed by atoms with Crippen molar-refractivity contribution < 1.29 is 8.85 Å². The van der Waals surface area contributed by atoms with Crippen LogP contribution < -0.4 is 0 Å². The Hall–Kier alpha value is 0.314. The zero-order valence-electron chi connectivity index (χ0n) is 10.6. The highest BCUT2D eigenvalue weighted by Crippen LogP contribution is 2.33. The zero-order chi connectivity index (χ0) is 11.3. The van der Waals surface area contributed by atoms with Crippen LogP contribution in [0.4, 0.5) is 0 Å². The Labute approximate surface area is 99.0 Å². The van der Waals surface area contributed by atoms with Gasteiger partial charge in [-0.3, -0.25) is 4.90 Å². The lowest BCUT2D eigenvalue weighted by Crippen LogP contribution is -2.41. The first-order valence-electron chi connectivity index (χ1n) is 5.85. The molecule has 90 valence electrons. The first kappa shape index (κ1) is 13.4. The van der Waals surface area contributed by atoms with E-state index in [4.69, 9.17) is 8.85 Å². The third-order valence-corrected chi connectivity index (χ3v) is 6.08. The first-order chi connectivity index (χ1) is 7.06. The summed E-state index contributed by atoms with van der Waals surface area (Å²) in [5.41, 5.74) is 0. The number of hydrogen-bond acceptors (Lipinski definition) is 3. The molecule has 1 rings (SSSR count). The van der Waals surface area contributed by atoms with Crippen molar-refractivity contribution in [2.45, 2.75) is 25.8 Å². The molecule has 3 nitrogen and oxygen atoms in total. The summed E-state index contributed by atoms with van der Waals surface area (Å²) < 4.78 is 10.9. The van der Waals surface area contributed by atoms with E-state index in [2.05, 4.69) is 25.7 Å². The average Bonchev–Trinajstić information content (AvgIpc) is 2.19. The highest BCUT2D eigenvalue weighted by molar-refractivity contribution is 6.38. The van der Waals surface area contributed by atoms with Gasteiger partial charge in [-0.1, -0.05) is 20.8 Å². The maximum Gasteiger partial charge on any atom is 0.151 e. The largest absolute Gasteiger partial charge is 0.468 e. The molecule has 0 amide bonds. The topological polar surface area (TPSA) is 21.7 Å². The molecule has 1 atom stereocenters. The van der Waals surface area contributed by atoms with Gasteiger partial charge in [0.15, 0.2) is 9.76 Å². The molecule has 1 heterocycles. The summed E-state index contributed by atoms with van der Waals surface area (Å²) in [5, 5.41) is 0.431. The average molecular weight is 247 g/mol. The van der Waals surface area contributed by atoms with Gasteiger partial charge in [-0.25, -0.2) is 0 Å². The van der Waals surface area contributed by atoms with Crippen LogP contribution in [-0.2, 0) is 8.85 Å². The van der Waals surface area contributed by atoms with Crippen LogP contribution in [0.15, 0.2) is 0 Å². The van der Waals surface area contributed by atoms with Gasteiger partial charge in [-0.2, -0.15) is 0 Å². The van der Waals surface area contributed by atoms with Crippen LogP contribution in [-0.4, -0.2) is 58.0 Å². The number of rotatable bonds is 5. The molecule has 0 bridgehead atoms. The Balaban J connectivity index is 2.35. The molecule has 0 N–H and O–H groups in total. The molecule has 1 fully saturated rings. The summed E-state index contributed by atoms with van der Waals surface area (Å²) in [6.45, 7) is 12.3. The van der Waals surface area contributed by atoms with Crippen molar-refractivity contribution >= 4 is 20.2 Å². The van der Waals surface area contributed by atoms with E-state index in [0.717, 1.165) is 42.7 Å².